The first-order valence-corrected chi connectivity index (χ1v) is 7.75. The Kier molecular flexibility index (Phi) is 7.42. The highest BCUT2D eigenvalue weighted by molar-refractivity contribution is 5.81. The molecule has 0 saturated carbocycles. The quantitative estimate of drug-likeness (QED) is 0.602. The minimum absolute atomic E-state index is 0.0401. The number of carbonyl (C=O) groups excluding carboxylic acids is 2. The molecule has 6 nitrogen and oxygen atoms in total. The molecular formula is C18H24FNO5. The molecule has 0 fully saturated rings. The van der Waals surface area contributed by atoms with Gasteiger partial charge in [-0.15, -0.1) is 0 Å². The number of hydrogen-bond donors (Lipinski definition) is 1. The predicted octanol–water partition coefficient (Wildman–Crippen LogP) is 3.00. The SMILES string of the molecule is C=CCOc1cc(CC(NC(=O)OC(C)(C)C)C(=O)OC)ccc1F. The summed E-state index contributed by atoms with van der Waals surface area (Å²) in [6, 6.07) is 3.22. The number of hydrogen-bond acceptors (Lipinski definition) is 5. The number of carbonyl (C=O) groups is 2. The van der Waals surface area contributed by atoms with Crippen molar-refractivity contribution in [2.45, 2.75) is 38.8 Å². The van der Waals surface area contributed by atoms with Crippen LogP contribution in [0.15, 0.2) is 30.9 Å². The molecule has 1 aromatic rings. The van der Waals surface area contributed by atoms with Gasteiger partial charge in [-0.1, -0.05) is 18.7 Å². The Balaban J connectivity index is 2.89. The van der Waals surface area contributed by atoms with E-state index in [2.05, 4.69) is 11.9 Å². The van der Waals surface area contributed by atoms with Crippen LogP contribution in [-0.2, 0) is 20.7 Å². The molecule has 0 aliphatic heterocycles. The van der Waals surface area contributed by atoms with Crippen molar-refractivity contribution in [3.63, 3.8) is 0 Å². The Labute approximate surface area is 147 Å². The fraction of sp³-hybridized carbons (Fsp3) is 0.444. The molecule has 1 aromatic carbocycles. The number of benzene rings is 1. The van der Waals surface area contributed by atoms with Crippen LogP contribution in [0.1, 0.15) is 26.3 Å². The van der Waals surface area contributed by atoms with Crippen LogP contribution >= 0.6 is 0 Å². The number of alkyl carbamates (subject to hydrolysis) is 1. The van der Waals surface area contributed by atoms with Crippen LogP contribution < -0.4 is 10.1 Å². The average Bonchev–Trinajstić information content (AvgIpc) is 2.52. The van der Waals surface area contributed by atoms with Crippen molar-refractivity contribution in [2.24, 2.45) is 0 Å². The molecule has 0 radical (unpaired) electrons. The lowest BCUT2D eigenvalue weighted by Gasteiger charge is -2.22. The lowest BCUT2D eigenvalue weighted by molar-refractivity contribution is -0.143. The maximum absolute atomic E-state index is 13.7. The zero-order valence-electron chi connectivity index (χ0n) is 14.9. The molecule has 1 atom stereocenters. The summed E-state index contributed by atoms with van der Waals surface area (Å²) < 4.78 is 28.8. The van der Waals surface area contributed by atoms with E-state index >= 15 is 0 Å². The molecule has 138 valence electrons. The van der Waals surface area contributed by atoms with Crippen LogP contribution in [-0.4, -0.2) is 37.4 Å². The van der Waals surface area contributed by atoms with Gasteiger partial charge in [-0.05, 0) is 38.5 Å². The van der Waals surface area contributed by atoms with E-state index in [0.29, 0.717) is 5.56 Å². The molecule has 1 rings (SSSR count). The first-order valence-electron chi connectivity index (χ1n) is 7.75. The summed E-state index contributed by atoms with van der Waals surface area (Å²) in [4.78, 5) is 23.8. The Bertz CT molecular complexity index is 624. The third kappa shape index (κ3) is 7.24. The minimum Gasteiger partial charge on any atom is -0.486 e. The van der Waals surface area contributed by atoms with Gasteiger partial charge in [0.2, 0.25) is 0 Å². The molecule has 0 heterocycles. The van der Waals surface area contributed by atoms with E-state index in [9.17, 15) is 14.0 Å². The molecule has 0 saturated heterocycles. The Hall–Kier alpha value is -2.57. The Morgan fingerprint density at radius 1 is 1.36 bits per heavy atom. The molecule has 0 spiro atoms. The van der Waals surface area contributed by atoms with Gasteiger partial charge in [-0.25, -0.2) is 14.0 Å². The molecule has 0 aliphatic rings. The monoisotopic (exact) mass is 353 g/mol. The van der Waals surface area contributed by atoms with E-state index in [1.54, 1.807) is 20.8 Å². The number of methoxy groups -OCH3 is 1. The van der Waals surface area contributed by atoms with Gasteiger partial charge in [-0.3, -0.25) is 0 Å². The number of halogens is 1. The van der Waals surface area contributed by atoms with E-state index in [0.717, 1.165) is 0 Å². The van der Waals surface area contributed by atoms with E-state index in [1.165, 1.54) is 31.4 Å². The van der Waals surface area contributed by atoms with Crippen LogP contribution in [0.3, 0.4) is 0 Å². The first-order chi connectivity index (χ1) is 11.7. The zero-order chi connectivity index (χ0) is 19.0. The van der Waals surface area contributed by atoms with Crippen molar-refractivity contribution in [2.75, 3.05) is 13.7 Å². The van der Waals surface area contributed by atoms with Gasteiger partial charge in [0, 0.05) is 6.42 Å². The number of nitrogens with one attached hydrogen (secondary N) is 1. The van der Waals surface area contributed by atoms with Gasteiger partial charge in [0.05, 0.1) is 7.11 Å². The van der Waals surface area contributed by atoms with E-state index < -0.39 is 29.5 Å². The highest BCUT2D eigenvalue weighted by Crippen LogP contribution is 2.20. The van der Waals surface area contributed by atoms with Crippen LogP contribution in [0.2, 0.25) is 0 Å². The summed E-state index contributed by atoms with van der Waals surface area (Å²) in [5, 5.41) is 2.46. The number of esters is 1. The van der Waals surface area contributed by atoms with E-state index in [1.807, 2.05) is 0 Å². The maximum atomic E-state index is 13.7. The van der Waals surface area contributed by atoms with Gasteiger partial charge < -0.3 is 19.5 Å². The lowest BCUT2D eigenvalue weighted by atomic mass is 10.1. The normalized spacial score (nSPS) is 12.0. The summed E-state index contributed by atoms with van der Waals surface area (Å²) in [5.74, 6) is -1.12. The third-order valence-corrected chi connectivity index (χ3v) is 2.97. The number of amides is 1. The summed E-state index contributed by atoms with van der Waals surface area (Å²) in [6.07, 6.45) is 0.845. The average molecular weight is 353 g/mol. The van der Waals surface area contributed by atoms with Crippen LogP contribution in [0.25, 0.3) is 0 Å². The summed E-state index contributed by atoms with van der Waals surface area (Å²) in [5.41, 5.74) is -0.112. The van der Waals surface area contributed by atoms with Gasteiger partial charge in [0.15, 0.2) is 11.6 Å². The second kappa shape index (κ2) is 9.05. The van der Waals surface area contributed by atoms with Crippen molar-refractivity contribution in [1.29, 1.82) is 0 Å². The number of rotatable bonds is 7. The third-order valence-electron chi connectivity index (χ3n) is 2.97. The van der Waals surface area contributed by atoms with Crippen molar-refractivity contribution >= 4 is 12.1 Å². The Morgan fingerprint density at radius 2 is 2.04 bits per heavy atom. The molecule has 0 aliphatic carbocycles. The van der Waals surface area contributed by atoms with Crippen molar-refractivity contribution < 1.29 is 28.2 Å². The van der Waals surface area contributed by atoms with Gasteiger partial charge >= 0.3 is 12.1 Å². The first kappa shape index (κ1) is 20.5. The van der Waals surface area contributed by atoms with E-state index in [4.69, 9.17) is 14.2 Å². The largest absolute Gasteiger partial charge is 0.486 e. The molecule has 0 aromatic heterocycles. The van der Waals surface area contributed by atoms with Gasteiger partial charge in [0.25, 0.3) is 0 Å². The molecule has 1 unspecified atom stereocenters. The summed E-state index contributed by atoms with van der Waals surface area (Å²) >= 11 is 0. The summed E-state index contributed by atoms with van der Waals surface area (Å²) in [7, 11) is 1.22. The van der Waals surface area contributed by atoms with E-state index in [-0.39, 0.29) is 18.8 Å². The zero-order valence-corrected chi connectivity index (χ0v) is 14.9. The fourth-order valence-corrected chi connectivity index (χ4v) is 1.96. The molecule has 0 bridgehead atoms. The lowest BCUT2D eigenvalue weighted by Crippen LogP contribution is -2.45. The molecule has 25 heavy (non-hydrogen) atoms. The Morgan fingerprint density at radius 3 is 2.60 bits per heavy atom. The second-order valence-corrected chi connectivity index (χ2v) is 6.29. The summed E-state index contributed by atoms with van der Waals surface area (Å²) in [6.45, 7) is 8.79. The van der Waals surface area contributed by atoms with Crippen LogP contribution in [0.4, 0.5) is 9.18 Å². The standard InChI is InChI=1S/C18H24FNO5/c1-6-9-24-15-11-12(7-8-13(15)19)10-14(16(21)23-5)20-17(22)25-18(2,3)4/h6-8,11,14H,1,9-10H2,2-5H3,(H,20,22). The van der Waals surface area contributed by atoms with Crippen molar-refractivity contribution in [3.8, 4) is 5.75 Å². The number of ether oxygens (including phenoxy) is 3. The second-order valence-electron chi connectivity index (χ2n) is 6.29. The maximum Gasteiger partial charge on any atom is 0.408 e. The van der Waals surface area contributed by atoms with Crippen molar-refractivity contribution in [1.82, 2.24) is 5.32 Å². The predicted molar refractivity (Wildman–Crippen MR) is 91.0 cm³/mol. The molecule has 1 amide bonds. The minimum atomic E-state index is -0.974. The highest BCUT2D eigenvalue weighted by atomic mass is 19.1. The van der Waals surface area contributed by atoms with Crippen molar-refractivity contribution in [3.05, 3.63) is 42.2 Å². The molecule has 1 N–H and O–H groups in total. The van der Waals surface area contributed by atoms with Gasteiger partial charge in [-0.2, -0.15) is 0 Å². The topological polar surface area (TPSA) is 73.9 Å². The van der Waals surface area contributed by atoms with Crippen LogP contribution in [0.5, 0.6) is 5.75 Å². The molecule has 7 heteroatoms. The fourth-order valence-electron chi connectivity index (χ4n) is 1.96. The molecular weight excluding hydrogens is 329 g/mol. The smallest absolute Gasteiger partial charge is 0.408 e. The van der Waals surface area contributed by atoms with Crippen LogP contribution in [0, 0.1) is 5.82 Å². The highest BCUT2D eigenvalue weighted by Gasteiger charge is 2.25. The van der Waals surface area contributed by atoms with Gasteiger partial charge in [0.1, 0.15) is 18.2 Å².